The minimum absolute atomic E-state index is 0.0255. The quantitative estimate of drug-likeness (QED) is 0.802. The summed E-state index contributed by atoms with van der Waals surface area (Å²) in [6, 6.07) is 14.3. The molecule has 1 unspecified atom stereocenters. The van der Waals surface area contributed by atoms with E-state index in [1.54, 1.807) is 24.1 Å². The topological polar surface area (TPSA) is 66.8 Å². The summed E-state index contributed by atoms with van der Waals surface area (Å²) in [5, 5.41) is 9.57. The third kappa shape index (κ3) is 4.03. The Morgan fingerprint density at radius 2 is 1.79 bits per heavy atom. The molecule has 5 nitrogen and oxygen atoms in total. The molecule has 28 heavy (non-hydrogen) atoms. The lowest BCUT2D eigenvalue weighted by Gasteiger charge is -2.29. The van der Waals surface area contributed by atoms with Crippen molar-refractivity contribution in [1.82, 2.24) is 4.90 Å². The molecule has 0 spiro atoms. The standard InChI is InChI=1S/C23H27NO4/c1-15(2)14-18-12-13-20(23(26)27)24(18)22(25)17-10-8-16(9-11-17)19-6-4-5-7-21(19)28-3/h4-11,15,18,20H,12-14H2,1-3H3,(H,26,27)/t18?,20-/m0/s1. The lowest BCUT2D eigenvalue weighted by molar-refractivity contribution is -0.141. The molecular weight excluding hydrogens is 354 g/mol. The number of ether oxygens (including phenoxy) is 1. The number of carboxylic acid groups (broad SMARTS) is 1. The lowest BCUT2D eigenvalue weighted by atomic mass is 10.0. The Kier molecular flexibility index (Phi) is 6.02. The molecule has 2 aromatic carbocycles. The molecule has 1 aliphatic heterocycles. The van der Waals surface area contributed by atoms with Crippen LogP contribution in [0.1, 0.15) is 43.5 Å². The number of hydrogen-bond acceptors (Lipinski definition) is 3. The third-order valence-electron chi connectivity index (χ3n) is 5.32. The fourth-order valence-corrected chi connectivity index (χ4v) is 4.03. The van der Waals surface area contributed by atoms with Crippen LogP contribution in [0.3, 0.4) is 0 Å². The molecule has 0 bridgehead atoms. The van der Waals surface area contributed by atoms with Gasteiger partial charge in [0, 0.05) is 17.2 Å². The zero-order valence-electron chi connectivity index (χ0n) is 16.6. The van der Waals surface area contributed by atoms with E-state index in [0.29, 0.717) is 17.9 Å². The molecule has 1 fully saturated rings. The van der Waals surface area contributed by atoms with Crippen molar-refractivity contribution in [3.8, 4) is 16.9 Å². The first kappa shape index (κ1) is 19.9. The highest BCUT2D eigenvalue weighted by atomic mass is 16.5. The molecule has 0 saturated carbocycles. The first-order valence-electron chi connectivity index (χ1n) is 9.71. The van der Waals surface area contributed by atoms with Crippen LogP contribution in [0.4, 0.5) is 0 Å². The van der Waals surface area contributed by atoms with Gasteiger partial charge in [0.05, 0.1) is 7.11 Å². The van der Waals surface area contributed by atoms with Crippen LogP contribution >= 0.6 is 0 Å². The maximum Gasteiger partial charge on any atom is 0.326 e. The summed E-state index contributed by atoms with van der Waals surface area (Å²) in [6.45, 7) is 4.19. The van der Waals surface area contributed by atoms with Gasteiger partial charge >= 0.3 is 5.97 Å². The van der Waals surface area contributed by atoms with Crippen LogP contribution in [0.15, 0.2) is 48.5 Å². The van der Waals surface area contributed by atoms with E-state index in [9.17, 15) is 14.7 Å². The highest BCUT2D eigenvalue weighted by molar-refractivity contribution is 5.97. The molecule has 2 aromatic rings. The number of likely N-dealkylation sites (tertiary alicyclic amines) is 1. The van der Waals surface area contributed by atoms with E-state index in [0.717, 1.165) is 29.7 Å². The van der Waals surface area contributed by atoms with E-state index in [4.69, 9.17) is 4.74 Å². The summed E-state index contributed by atoms with van der Waals surface area (Å²) < 4.78 is 5.41. The van der Waals surface area contributed by atoms with E-state index in [1.165, 1.54) is 0 Å². The molecule has 0 aliphatic carbocycles. The smallest absolute Gasteiger partial charge is 0.326 e. The van der Waals surface area contributed by atoms with Crippen molar-refractivity contribution in [1.29, 1.82) is 0 Å². The first-order valence-corrected chi connectivity index (χ1v) is 9.71. The average molecular weight is 381 g/mol. The van der Waals surface area contributed by atoms with Crippen LogP contribution in [0, 0.1) is 5.92 Å². The fourth-order valence-electron chi connectivity index (χ4n) is 4.03. The number of benzene rings is 2. The molecule has 148 valence electrons. The highest BCUT2D eigenvalue weighted by Gasteiger charge is 2.41. The maximum atomic E-state index is 13.2. The van der Waals surface area contributed by atoms with Crippen molar-refractivity contribution in [3.05, 3.63) is 54.1 Å². The molecule has 1 heterocycles. The van der Waals surface area contributed by atoms with Crippen LogP contribution in [-0.4, -0.2) is 41.1 Å². The average Bonchev–Trinajstić information content (AvgIpc) is 3.10. The van der Waals surface area contributed by atoms with Gasteiger partial charge in [-0.2, -0.15) is 0 Å². The second kappa shape index (κ2) is 8.46. The van der Waals surface area contributed by atoms with Crippen molar-refractivity contribution in [2.75, 3.05) is 7.11 Å². The SMILES string of the molecule is COc1ccccc1-c1ccc(C(=O)N2C(CC(C)C)CC[C@H]2C(=O)O)cc1. The molecule has 1 N–H and O–H groups in total. The third-order valence-corrected chi connectivity index (χ3v) is 5.32. The van der Waals surface area contributed by atoms with Gasteiger partial charge in [-0.3, -0.25) is 4.79 Å². The van der Waals surface area contributed by atoms with Crippen LogP contribution in [0.25, 0.3) is 11.1 Å². The molecule has 5 heteroatoms. The molecule has 1 saturated heterocycles. The molecule has 0 aromatic heterocycles. The largest absolute Gasteiger partial charge is 0.496 e. The Morgan fingerprint density at radius 1 is 1.11 bits per heavy atom. The fraction of sp³-hybridized carbons (Fsp3) is 0.391. The van der Waals surface area contributed by atoms with Crippen molar-refractivity contribution < 1.29 is 19.4 Å². The highest BCUT2D eigenvalue weighted by Crippen LogP contribution is 2.32. The molecular formula is C23H27NO4. The minimum Gasteiger partial charge on any atom is -0.496 e. The lowest BCUT2D eigenvalue weighted by Crippen LogP contribution is -2.45. The van der Waals surface area contributed by atoms with E-state index in [-0.39, 0.29) is 11.9 Å². The first-order chi connectivity index (χ1) is 13.4. The molecule has 0 radical (unpaired) electrons. The summed E-state index contributed by atoms with van der Waals surface area (Å²) in [5.74, 6) is 0.0391. The van der Waals surface area contributed by atoms with Crippen LogP contribution in [-0.2, 0) is 4.79 Å². The molecule has 2 atom stereocenters. The number of methoxy groups -OCH3 is 1. The number of nitrogens with zero attached hydrogens (tertiary/aromatic N) is 1. The molecule has 1 amide bonds. The van der Waals surface area contributed by atoms with Gasteiger partial charge in [0.1, 0.15) is 11.8 Å². The summed E-state index contributed by atoms with van der Waals surface area (Å²) >= 11 is 0. The van der Waals surface area contributed by atoms with Gasteiger partial charge in [-0.15, -0.1) is 0 Å². The zero-order chi connectivity index (χ0) is 20.3. The van der Waals surface area contributed by atoms with Crippen molar-refractivity contribution in [3.63, 3.8) is 0 Å². The summed E-state index contributed by atoms with van der Waals surface area (Å²) in [6.07, 6.45) is 2.06. The Bertz CT molecular complexity index is 844. The molecule has 3 rings (SSSR count). The predicted molar refractivity (Wildman–Crippen MR) is 109 cm³/mol. The second-order valence-corrected chi connectivity index (χ2v) is 7.70. The maximum absolute atomic E-state index is 13.2. The zero-order valence-corrected chi connectivity index (χ0v) is 16.6. The number of para-hydroxylation sites is 1. The van der Waals surface area contributed by atoms with Gasteiger partial charge in [0.25, 0.3) is 5.91 Å². The number of aliphatic carboxylic acids is 1. The van der Waals surface area contributed by atoms with Crippen LogP contribution in [0.5, 0.6) is 5.75 Å². The van der Waals surface area contributed by atoms with E-state index >= 15 is 0 Å². The number of carbonyl (C=O) groups is 2. The number of carboxylic acids is 1. The Balaban J connectivity index is 1.87. The Morgan fingerprint density at radius 3 is 2.39 bits per heavy atom. The summed E-state index contributed by atoms with van der Waals surface area (Å²) in [5.41, 5.74) is 2.41. The van der Waals surface area contributed by atoms with Crippen LogP contribution in [0.2, 0.25) is 0 Å². The number of carbonyl (C=O) groups excluding carboxylic acids is 1. The van der Waals surface area contributed by atoms with Gasteiger partial charge in [-0.1, -0.05) is 44.2 Å². The van der Waals surface area contributed by atoms with E-state index < -0.39 is 12.0 Å². The van der Waals surface area contributed by atoms with Gasteiger partial charge in [-0.25, -0.2) is 4.79 Å². The minimum atomic E-state index is -0.926. The van der Waals surface area contributed by atoms with E-state index in [2.05, 4.69) is 13.8 Å². The van der Waals surface area contributed by atoms with Crippen molar-refractivity contribution in [2.45, 2.75) is 45.2 Å². The van der Waals surface area contributed by atoms with Gasteiger partial charge in [0.2, 0.25) is 0 Å². The van der Waals surface area contributed by atoms with Gasteiger partial charge < -0.3 is 14.7 Å². The number of amides is 1. The normalized spacial score (nSPS) is 19.1. The number of rotatable bonds is 6. The monoisotopic (exact) mass is 381 g/mol. The van der Waals surface area contributed by atoms with Gasteiger partial charge in [0.15, 0.2) is 0 Å². The van der Waals surface area contributed by atoms with Crippen LogP contribution < -0.4 is 4.74 Å². The number of hydrogen-bond donors (Lipinski definition) is 1. The van der Waals surface area contributed by atoms with Gasteiger partial charge in [-0.05, 0) is 48.9 Å². The second-order valence-electron chi connectivity index (χ2n) is 7.70. The van der Waals surface area contributed by atoms with Crippen molar-refractivity contribution >= 4 is 11.9 Å². The van der Waals surface area contributed by atoms with E-state index in [1.807, 2.05) is 36.4 Å². The predicted octanol–water partition coefficient (Wildman–Crippen LogP) is 4.47. The Hall–Kier alpha value is -2.82. The Labute approximate surface area is 165 Å². The summed E-state index contributed by atoms with van der Waals surface area (Å²) in [7, 11) is 1.63. The summed E-state index contributed by atoms with van der Waals surface area (Å²) in [4.78, 5) is 26.4. The molecule has 1 aliphatic rings. The van der Waals surface area contributed by atoms with Crippen molar-refractivity contribution in [2.24, 2.45) is 5.92 Å².